The van der Waals surface area contributed by atoms with Gasteiger partial charge < -0.3 is 11.1 Å². The maximum atomic E-state index is 10.8. The lowest BCUT2D eigenvalue weighted by Crippen LogP contribution is -2.06. The van der Waals surface area contributed by atoms with Crippen molar-refractivity contribution >= 4 is 17.3 Å². The molecule has 0 radical (unpaired) electrons. The second-order valence-corrected chi connectivity index (χ2v) is 3.47. The summed E-state index contributed by atoms with van der Waals surface area (Å²) in [7, 11) is 0. The van der Waals surface area contributed by atoms with E-state index in [-0.39, 0.29) is 5.91 Å². The van der Waals surface area contributed by atoms with E-state index in [1.165, 1.54) is 6.08 Å². The lowest BCUT2D eigenvalue weighted by Gasteiger charge is -1.98. The number of anilines is 2. The summed E-state index contributed by atoms with van der Waals surface area (Å²) in [5, 5.41) is 2.63. The number of benzene rings is 2. The molecule has 0 saturated heterocycles. The van der Waals surface area contributed by atoms with Crippen molar-refractivity contribution in [2.75, 3.05) is 11.1 Å². The summed E-state index contributed by atoms with van der Waals surface area (Å²) >= 11 is 0. The van der Waals surface area contributed by atoms with E-state index < -0.39 is 0 Å². The molecule has 0 aliphatic carbocycles. The number of carbonyl (C=O) groups is 1. The second-order valence-electron chi connectivity index (χ2n) is 3.47. The smallest absolute Gasteiger partial charge is 0.247 e. The van der Waals surface area contributed by atoms with Gasteiger partial charge >= 0.3 is 0 Å². The highest BCUT2D eigenvalue weighted by molar-refractivity contribution is 5.98. The fraction of sp³-hybridized carbons (Fsp3) is 0. The number of nitrogens with two attached hydrogens (primary N) is 1. The van der Waals surface area contributed by atoms with Gasteiger partial charge in [-0.05, 0) is 30.3 Å². The highest BCUT2D eigenvalue weighted by Gasteiger charge is 1.92. The standard InChI is InChI=1S/C9H9NO.C6H7N/c1-2-9(11)10-8-6-4-3-5-7-8;7-6-4-2-1-3-5-6/h2-7H,1H2,(H,10,11);1-5H,7H2. The van der Waals surface area contributed by atoms with E-state index >= 15 is 0 Å². The molecule has 92 valence electrons. The van der Waals surface area contributed by atoms with E-state index in [0.29, 0.717) is 0 Å². The van der Waals surface area contributed by atoms with Gasteiger partial charge in [0.1, 0.15) is 0 Å². The predicted molar refractivity (Wildman–Crippen MR) is 76.1 cm³/mol. The van der Waals surface area contributed by atoms with E-state index in [1.807, 2.05) is 60.7 Å². The molecule has 0 fully saturated rings. The number of hydrogen-bond acceptors (Lipinski definition) is 2. The average Bonchev–Trinajstić information content (AvgIpc) is 2.41. The molecule has 0 heterocycles. The van der Waals surface area contributed by atoms with Crippen LogP contribution in [-0.2, 0) is 4.79 Å². The number of carbonyl (C=O) groups excluding carboxylic acids is 1. The fourth-order valence-electron chi connectivity index (χ4n) is 1.17. The van der Waals surface area contributed by atoms with Crippen molar-refractivity contribution in [3.8, 4) is 0 Å². The minimum Gasteiger partial charge on any atom is -0.399 e. The number of amides is 1. The Morgan fingerprint density at radius 2 is 1.50 bits per heavy atom. The topological polar surface area (TPSA) is 55.1 Å². The molecule has 0 aliphatic rings. The van der Waals surface area contributed by atoms with E-state index in [1.54, 1.807) is 0 Å². The number of rotatable bonds is 2. The SMILES string of the molecule is C=CC(=O)Nc1ccccc1.Nc1ccccc1. The molecule has 0 aliphatic heterocycles. The summed E-state index contributed by atoms with van der Waals surface area (Å²) in [5.41, 5.74) is 6.97. The van der Waals surface area contributed by atoms with Crippen LogP contribution in [0.15, 0.2) is 73.3 Å². The molecule has 1 amide bonds. The van der Waals surface area contributed by atoms with Crippen molar-refractivity contribution in [2.24, 2.45) is 0 Å². The Morgan fingerprint density at radius 1 is 1.00 bits per heavy atom. The third-order valence-electron chi connectivity index (χ3n) is 2.03. The first-order valence-electron chi connectivity index (χ1n) is 5.51. The molecule has 0 spiro atoms. The van der Waals surface area contributed by atoms with Gasteiger partial charge in [-0.2, -0.15) is 0 Å². The van der Waals surface area contributed by atoms with E-state index in [0.717, 1.165) is 11.4 Å². The van der Waals surface area contributed by atoms with Crippen LogP contribution in [0, 0.1) is 0 Å². The molecule has 3 N–H and O–H groups in total. The quantitative estimate of drug-likeness (QED) is 0.626. The molecular weight excluding hydrogens is 224 g/mol. The Morgan fingerprint density at radius 3 is 1.89 bits per heavy atom. The third kappa shape index (κ3) is 5.51. The highest BCUT2D eigenvalue weighted by Crippen LogP contribution is 2.03. The number of nitrogen functional groups attached to an aromatic ring is 1. The van der Waals surface area contributed by atoms with Gasteiger partial charge in [-0.3, -0.25) is 4.79 Å². The number of nitrogens with one attached hydrogen (secondary N) is 1. The zero-order valence-electron chi connectivity index (χ0n) is 10.0. The summed E-state index contributed by atoms with van der Waals surface area (Å²) < 4.78 is 0. The van der Waals surface area contributed by atoms with Crippen molar-refractivity contribution in [2.45, 2.75) is 0 Å². The largest absolute Gasteiger partial charge is 0.399 e. The molecule has 2 aromatic carbocycles. The molecule has 2 rings (SSSR count). The maximum Gasteiger partial charge on any atom is 0.247 e. The number of hydrogen-bond donors (Lipinski definition) is 2. The summed E-state index contributed by atoms with van der Waals surface area (Å²) in [4.78, 5) is 10.8. The normalized spacial score (nSPS) is 8.67. The predicted octanol–water partition coefficient (Wildman–Crippen LogP) is 3.08. The first-order valence-corrected chi connectivity index (χ1v) is 5.51. The molecule has 0 atom stereocenters. The van der Waals surface area contributed by atoms with Crippen LogP contribution in [0.5, 0.6) is 0 Å². The maximum absolute atomic E-state index is 10.8. The Bertz CT molecular complexity index is 480. The van der Waals surface area contributed by atoms with Gasteiger partial charge in [0, 0.05) is 11.4 Å². The molecule has 0 bridgehead atoms. The highest BCUT2D eigenvalue weighted by atomic mass is 16.1. The molecule has 2 aromatic rings. The summed E-state index contributed by atoms with van der Waals surface area (Å²) in [6.45, 7) is 3.34. The Kier molecular flexibility index (Phi) is 5.77. The fourth-order valence-corrected chi connectivity index (χ4v) is 1.17. The zero-order valence-corrected chi connectivity index (χ0v) is 10.0. The summed E-state index contributed by atoms with van der Waals surface area (Å²) in [6.07, 6.45) is 1.24. The van der Waals surface area contributed by atoms with Crippen LogP contribution in [0.4, 0.5) is 11.4 Å². The molecule has 0 saturated carbocycles. The van der Waals surface area contributed by atoms with Gasteiger partial charge in [-0.15, -0.1) is 0 Å². The van der Waals surface area contributed by atoms with Crippen LogP contribution in [0.2, 0.25) is 0 Å². The molecule has 0 aromatic heterocycles. The number of para-hydroxylation sites is 2. The average molecular weight is 240 g/mol. The van der Waals surface area contributed by atoms with Crippen molar-refractivity contribution in [1.29, 1.82) is 0 Å². The Hall–Kier alpha value is -2.55. The molecular formula is C15H16N2O. The van der Waals surface area contributed by atoms with E-state index in [4.69, 9.17) is 5.73 Å². The van der Waals surface area contributed by atoms with Crippen LogP contribution in [0.1, 0.15) is 0 Å². The van der Waals surface area contributed by atoms with Gasteiger partial charge in [0.15, 0.2) is 0 Å². The lowest BCUT2D eigenvalue weighted by molar-refractivity contribution is -0.111. The first kappa shape index (κ1) is 13.5. The van der Waals surface area contributed by atoms with Gasteiger partial charge in [-0.1, -0.05) is 43.0 Å². The lowest BCUT2D eigenvalue weighted by atomic mass is 10.3. The van der Waals surface area contributed by atoms with Crippen molar-refractivity contribution in [1.82, 2.24) is 0 Å². The van der Waals surface area contributed by atoms with Crippen LogP contribution in [0.3, 0.4) is 0 Å². The summed E-state index contributed by atoms with van der Waals surface area (Å²) in [6, 6.07) is 18.7. The van der Waals surface area contributed by atoms with E-state index in [2.05, 4.69) is 11.9 Å². The minimum atomic E-state index is -0.184. The Labute approximate surface area is 107 Å². The summed E-state index contributed by atoms with van der Waals surface area (Å²) in [5.74, 6) is -0.184. The van der Waals surface area contributed by atoms with Gasteiger partial charge in [0.2, 0.25) is 5.91 Å². The molecule has 0 unspecified atom stereocenters. The monoisotopic (exact) mass is 240 g/mol. The Balaban J connectivity index is 0.000000199. The molecule has 3 heteroatoms. The van der Waals surface area contributed by atoms with Crippen molar-refractivity contribution < 1.29 is 4.79 Å². The minimum absolute atomic E-state index is 0.184. The molecule has 3 nitrogen and oxygen atoms in total. The third-order valence-corrected chi connectivity index (χ3v) is 2.03. The first-order chi connectivity index (χ1) is 8.72. The van der Waals surface area contributed by atoms with Gasteiger partial charge in [0.25, 0.3) is 0 Å². The van der Waals surface area contributed by atoms with Crippen molar-refractivity contribution in [3.05, 3.63) is 73.3 Å². The van der Waals surface area contributed by atoms with Gasteiger partial charge in [-0.25, -0.2) is 0 Å². The van der Waals surface area contributed by atoms with Crippen LogP contribution in [-0.4, -0.2) is 5.91 Å². The molecule has 18 heavy (non-hydrogen) atoms. The van der Waals surface area contributed by atoms with Gasteiger partial charge in [0.05, 0.1) is 0 Å². The van der Waals surface area contributed by atoms with E-state index in [9.17, 15) is 4.79 Å². The second kappa shape index (κ2) is 7.68. The van der Waals surface area contributed by atoms with Crippen LogP contribution < -0.4 is 11.1 Å². The zero-order chi connectivity index (χ0) is 13.2. The van der Waals surface area contributed by atoms with Crippen LogP contribution in [0.25, 0.3) is 0 Å². The van der Waals surface area contributed by atoms with Crippen molar-refractivity contribution in [3.63, 3.8) is 0 Å². The van der Waals surface area contributed by atoms with Crippen LogP contribution >= 0.6 is 0 Å².